The van der Waals surface area contributed by atoms with Gasteiger partial charge in [-0.2, -0.15) is 0 Å². The molecule has 0 spiro atoms. The van der Waals surface area contributed by atoms with Crippen LogP contribution in [0.25, 0.3) is 0 Å². The number of thioether (sulfide) groups is 2. The topological polar surface area (TPSA) is 135 Å². The summed E-state index contributed by atoms with van der Waals surface area (Å²) in [5.41, 5.74) is 1.47. The van der Waals surface area contributed by atoms with Crippen LogP contribution in [0.2, 0.25) is 5.02 Å². The summed E-state index contributed by atoms with van der Waals surface area (Å²) in [5, 5.41) is 21.5. The van der Waals surface area contributed by atoms with Crippen LogP contribution in [0, 0.1) is 13.8 Å². The van der Waals surface area contributed by atoms with Crippen molar-refractivity contribution in [2.24, 2.45) is 0 Å². The smallest absolute Gasteiger partial charge is 0.352 e. The van der Waals surface area contributed by atoms with Gasteiger partial charge in [0.1, 0.15) is 40.2 Å². The quantitative estimate of drug-likeness (QED) is 0.276. The number of fused-ring (bicyclic) bond motifs is 1. The highest BCUT2D eigenvalue weighted by Crippen LogP contribution is 2.42. The summed E-state index contributed by atoms with van der Waals surface area (Å²) in [4.78, 5) is 39.0. The van der Waals surface area contributed by atoms with Gasteiger partial charge in [-0.15, -0.1) is 22.0 Å². The van der Waals surface area contributed by atoms with E-state index in [0.29, 0.717) is 33.6 Å². The summed E-state index contributed by atoms with van der Waals surface area (Å²) in [6, 6.07) is 7.55. The Hall–Kier alpha value is -3.00. The molecule has 3 aromatic rings. The third-order valence-corrected chi connectivity index (χ3v) is 9.63. The zero-order chi connectivity index (χ0) is 27.0. The normalized spacial score (nSPS) is 18.7. The molecule has 38 heavy (non-hydrogen) atoms. The minimum absolute atomic E-state index is 0.0291. The van der Waals surface area contributed by atoms with Crippen LogP contribution in [0.1, 0.15) is 26.9 Å². The van der Waals surface area contributed by atoms with E-state index in [9.17, 15) is 19.5 Å². The molecule has 2 atom stereocenters. The summed E-state index contributed by atoms with van der Waals surface area (Å²) in [7, 11) is 0. The number of benzene rings is 1. The standard InChI is InChI=1S/C24H21ClN4O6S3/c1-11-7-14(3-5-16(11)25)34-8-15-4-6-17(35-15)20(30)26-18-21(31)29-19(23(32)33)13(9-36-22(18)29)10-37-24-28-27-12(2)38-24/h3-7,18,22H,8-10H2,1-2H3,(H,26,30)(H,32,33)/t18-,22-/m1/s1. The first kappa shape index (κ1) is 26.6. The highest BCUT2D eigenvalue weighted by molar-refractivity contribution is 8.01. The second kappa shape index (κ2) is 11.0. The molecule has 0 unspecified atom stereocenters. The molecule has 0 radical (unpaired) electrons. The number of carboxylic acid groups (broad SMARTS) is 1. The maximum Gasteiger partial charge on any atom is 0.352 e. The second-order valence-corrected chi connectivity index (χ2v) is 12.4. The first-order valence-electron chi connectivity index (χ1n) is 11.3. The minimum Gasteiger partial charge on any atom is -0.486 e. The van der Waals surface area contributed by atoms with Crippen molar-refractivity contribution in [3.63, 3.8) is 0 Å². The van der Waals surface area contributed by atoms with E-state index in [2.05, 4.69) is 15.5 Å². The lowest BCUT2D eigenvalue weighted by Crippen LogP contribution is -2.70. The summed E-state index contributed by atoms with van der Waals surface area (Å²) in [6.07, 6.45) is 0. The van der Waals surface area contributed by atoms with Crippen LogP contribution in [0.5, 0.6) is 5.75 Å². The lowest BCUT2D eigenvalue weighted by molar-refractivity contribution is -0.148. The van der Waals surface area contributed by atoms with E-state index < -0.39 is 29.2 Å². The molecule has 2 amide bonds. The monoisotopic (exact) mass is 592 g/mol. The van der Waals surface area contributed by atoms with Crippen molar-refractivity contribution in [2.45, 2.75) is 36.2 Å². The molecule has 10 nitrogen and oxygen atoms in total. The van der Waals surface area contributed by atoms with Crippen molar-refractivity contribution in [1.82, 2.24) is 20.4 Å². The van der Waals surface area contributed by atoms with Crippen LogP contribution in [0.4, 0.5) is 0 Å². The largest absolute Gasteiger partial charge is 0.486 e. The van der Waals surface area contributed by atoms with Crippen molar-refractivity contribution in [2.75, 3.05) is 11.5 Å². The lowest BCUT2D eigenvalue weighted by Gasteiger charge is -2.49. The molecule has 1 aromatic carbocycles. The molecule has 2 N–H and O–H groups in total. The van der Waals surface area contributed by atoms with Gasteiger partial charge in [0.25, 0.3) is 11.8 Å². The molecule has 0 aliphatic carbocycles. The minimum atomic E-state index is -1.18. The summed E-state index contributed by atoms with van der Waals surface area (Å²) in [5.74, 6) is -0.349. The Morgan fingerprint density at radius 3 is 2.82 bits per heavy atom. The number of β-lactam (4-membered cyclic amide) rings is 1. The van der Waals surface area contributed by atoms with E-state index in [4.69, 9.17) is 20.8 Å². The van der Waals surface area contributed by atoms with E-state index in [1.165, 1.54) is 45.8 Å². The van der Waals surface area contributed by atoms with E-state index in [1.807, 2.05) is 13.8 Å². The Morgan fingerprint density at radius 1 is 1.29 bits per heavy atom. The van der Waals surface area contributed by atoms with E-state index in [1.54, 1.807) is 24.3 Å². The zero-order valence-electron chi connectivity index (χ0n) is 20.1. The van der Waals surface area contributed by atoms with Crippen LogP contribution in [-0.4, -0.2) is 60.9 Å². The fraction of sp³-hybridized carbons (Fsp3) is 0.292. The molecule has 5 rings (SSSR count). The van der Waals surface area contributed by atoms with Gasteiger partial charge in [-0.25, -0.2) is 4.79 Å². The Morgan fingerprint density at radius 2 is 2.11 bits per heavy atom. The number of aromatic nitrogens is 2. The molecule has 1 saturated heterocycles. The van der Waals surface area contributed by atoms with Gasteiger partial charge < -0.3 is 19.6 Å². The number of ether oxygens (including phenoxy) is 1. The number of hydrogen-bond donors (Lipinski definition) is 2. The third kappa shape index (κ3) is 5.41. The Labute approximate surface area is 234 Å². The predicted octanol–water partition coefficient (Wildman–Crippen LogP) is 4.12. The van der Waals surface area contributed by atoms with Crippen LogP contribution >= 0.6 is 46.5 Å². The molecule has 4 heterocycles. The molecular formula is C24H21ClN4O6S3. The Balaban J connectivity index is 1.20. The highest BCUT2D eigenvalue weighted by Gasteiger charge is 2.54. The molecule has 14 heteroatoms. The molecule has 0 bridgehead atoms. The molecule has 198 valence electrons. The van der Waals surface area contributed by atoms with Gasteiger partial charge in [-0.3, -0.25) is 14.5 Å². The van der Waals surface area contributed by atoms with Crippen LogP contribution in [-0.2, 0) is 16.2 Å². The molecule has 2 aromatic heterocycles. The zero-order valence-corrected chi connectivity index (χ0v) is 23.3. The summed E-state index contributed by atoms with van der Waals surface area (Å²) < 4.78 is 12.0. The van der Waals surface area contributed by atoms with E-state index in [0.717, 1.165) is 14.9 Å². The van der Waals surface area contributed by atoms with Crippen molar-refractivity contribution in [3.05, 3.63) is 68.7 Å². The van der Waals surface area contributed by atoms with E-state index in [-0.39, 0.29) is 18.1 Å². The fourth-order valence-electron chi connectivity index (χ4n) is 3.93. The number of nitrogens with one attached hydrogen (secondary N) is 1. The number of halogens is 1. The number of carboxylic acids is 1. The number of carbonyl (C=O) groups is 3. The molecule has 2 aliphatic heterocycles. The average Bonchev–Trinajstić information content (AvgIpc) is 3.54. The first-order valence-corrected chi connectivity index (χ1v) is 14.6. The fourth-order valence-corrected chi connectivity index (χ4v) is 7.35. The number of carbonyl (C=O) groups excluding carboxylic acids is 2. The van der Waals surface area contributed by atoms with Crippen molar-refractivity contribution < 1.29 is 28.6 Å². The van der Waals surface area contributed by atoms with Crippen molar-refractivity contribution in [3.8, 4) is 5.75 Å². The first-order chi connectivity index (χ1) is 18.2. The number of rotatable bonds is 9. The van der Waals surface area contributed by atoms with Gasteiger partial charge >= 0.3 is 5.97 Å². The average molecular weight is 593 g/mol. The number of furan rings is 1. The van der Waals surface area contributed by atoms with Gasteiger partial charge in [0.2, 0.25) is 0 Å². The Kier molecular flexibility index (Phi) is 7.70. The number of nitrogens with zero attached hydrogens (tertiary/aromatic N) is 3. The second-order valence-electron chi connectivity index (χ2n) is 8.46. The number of aliphatic carboxylic acids is 1. The summed E-state index contributed by atoms with van der Waals surface area (Å²) >= 11 is 10.3. The third-order valence-electron chi connectivity index (χ3n) is 5.81. The summed E-state index contributed by atoms with van der Waals surface area (Å²) in [6.45, 7) is 3.82. The van der Waals surface area contributed by atoms with Gasteiger partial charge in [-0.05, 0) is 55.3 Å². The maximum absolute atomic E-state index is 12.9. The lowest BCUT2D eigenvalue weighted by atomic mass is 10.0. The van der Waals surface area contributed by atoms with Crippen LogP contribution in [0.3, 0.4) is 0 Å². The molecule has 2 aliphatic rings. The molecule has 0 saturated carbocycles. The predicted molar refractivity (Wildman–Crippen MR) is 144 cm³/mol. The molecule has 1 fully saturated rings. The van der Waals surface area contributed by atoms with Crippen LogP contribution < -0.4 is 10.1 Å². The number of amides is 2. The molecular weight excluding hydrogens is 572 g/mol. The van der Waals surface area contributed by atoms with Gasteiger partial charge in [0, 0.05) is 16.5 Å². The Bertz CT molecular complexity index is 1450. The van der Waals surface area contributed by atoms with Crippen molar-refractivity contribution in [1.29, 1.82) is 0 Å². The highest BCUT2D eigenvalue weighted by atomic mass is 35.5. The van der Waals surface area contributed by atoms with Gasteiger partial charge in [-0.1, -0.05) is 34.7 Å². The van der Waals surface area contributed by atoms with Crippen LogP contribution in [0.15, 0.2) is 50.4 Å². The van der Waals surface area contributed by atoms with E-state index >= 15 is 0 Å². The maximum atomic E-state index is 12.9. The van der Waals surface area contributed by atoms with Gasteiger partial charge in [0.15, 0.2) is 10.1 Å². The SMILES string of the molecule is Cc1nnc(SCC2=C(C(=O)O)N3C(=O)[C@@H](NC(=O)c4ccc(COc5ccc(Cl)c(C)c5)o4)[C@H]3SC2)s1. The number of hydrogen-bond acceptors (Lipinski definition) is 10. The van der Waals surface area contributed by atoms with Crippen molar-refractivity contribution >= 4 is 64.2 Å². The van der Waals surface area contributed by atoms with Gasteiger partial charge in [0.05, 0.1) is 0 Å². The number of aryl methyl sites for hydroxylation is 2.